The maximum atomic E-state index is 12.4. The average Bonchev–Trinajstić information content (AvgIpc) is 2.60. The number of unbranched alkanes of at least 4 members (excludes halogenated alkanes) is 2. The first kappa shape index (κ1) is 19.7. The third kappa shape index (κ3) is 6.03. The number of carbonyl (C=O) groups is 1. The molecule has 0 atom stereocenters. The van der Waals surface area contributed by atoms with Crippen LogP contribution in [0.25, 0.3) is 0 Å². The number of pyridine rings is 1. The summed E-state index contributed by atoms with van der Waals surface area (Å²) in [6.07, 6.45) is 4.86. The van der Waals surface area contributed by atoms with Gasteiger partial charge in [0.15, 0.2) is 0 Å². The monoisotopic (exact) mass is 376 g/mol. The Balaban J connectivity index is 1.98. The molecule has 0 saturated carbocycles. The van der Waals surface area contributed by atoms with E-state index in [4.69, 9.17) is 0 Å². The van der Waals surface area contributed by atoms with Crippen molar-refractivity contribution in [2.24, 2.45) is 0 Å². The second-order valence-corrected chi connectivity index (χ2v) is 7.56. The van der Waals surface area contributed by atoms with E-state index in [-0.39, 0.29) is 10.8 Å². The molecule has 0 aliphatic heterocycles. The van der Waals surface area contributed by atoms with E-state index in [1.807, 2.05) is 0 Å². The van der Waals surface area contributed by atoms with E-state index >= 15 is 0 Å². The zero-order valence-corrected chi connectivity index (χ0v) is 15.8. The third-order valence-electron chi connectivity index (χ3n) is 3.59. The van der Waals surface area contributed by atoms with Gasteiger partial charge in [-0.05, 0) is 42.8 Å². The Morgan fingerprint density at radius 2 is 1.73 bits per heavy atom. The number of carbonyl (C=O) groups excluding carboxylic acids is 1. The van der Waals surface area contributed by atoms with Crippen molar-refractivity contribution in [1.82, 2.24) is 4.98 Å². The average molecular weight is 376 g/mol. The van der Waals surface area contributed by atoms with Crippen LogP contribution in [0.2, 0.25) is 0 Å². The maximum absolute atomic E-state index is 12.4. The van der Waals surface area contributed by atoms with Gasteiger partial charge in [0, 0.05) is 19.2 Å². The van der Waals surface area contributed by atoms with Gasteiger partial charge in [0.1, 0.15) is 5.82 Å². The predicted molar refractivity (Wildman–Crippen MR) is 104 cm³/mol. The van der Waals surface area contributed by atoms with Crippen LogP contribution in [0.15, 0.2) is 47.5 Å². The molecule has 0 bridgehead atoms. The van der Waals surface area contributed by atoms with E-state index in [0.717, 1.165) is 25.8 Å². The van der Waals surface area contributed by atoms with Crippen molar-refractivity contribution in [1.29, 1.82) is 0 Å². The normalized spacial score (nSPS) is 11.0. The van der Waals surface area contributed by atoms with Crippen LogP contribution in [-0.4, -0.2) is 25.9 Å². The molecule has 1 amide bonds. The van der Waals surface area contributed by atoms with Crippen molar-refractivity contribution >= 4 is 33.1 Å². The van der Waals surface area contributed by atoms with Crippen molar-refractivity contribution in [3.63, 3.8) is 0 Å². The maximum Gasteiger partial charge on any atom is 0.261 e. The Morgan fingerprint density at radius 3 is 2.31 bits per heavy atom. The number of rotatable bonds is 9. The summed E-state index contributed by atoms with van der Waals surface area (Å²) >= 11 is 0. The highest BCUT2D eigenvalue weighted by atomic mass is 32.2. The predicted octanol–water partition coefficient (Wildman–Crippen LogP) is 3.44. The Morgan fingerprint density at radius 1 is 1.04 bits per heavy atom. The topological polar surface area (TPSA) is 100 Å². The molecular weight excluding hydrogens is 352 g/mol. The molecule has 0 radical (unpaired) electrons. The quantitative estimate of drug-likeness (QED) is 0.582. The summed E-state index contributed by atoms with van der Waals surface area (Å²) in [4.78, 5) is 15.3. The van der Waals surface area contributed by atoms with Gasteiger partial charge in [-0.25, -0.2) is 13.4 Å². The lowest BCUT2D eigenvalue weighted by Crippen LogP contribution is -2.13. The van der Waals surface area contributed by atoms with Crippen LogP contribution in [0.3, 0.4) is 0 Å². The highest BCUT2D eigenvalue weighted by molar-refractivity contribution is 7.92. The SMILES string of the molecule is CCCCCNc1ccc(NS(=O)(=O)c2ccc(NC(C)=O)cc2)cn1. The molecule has 1 heterocycles. The molecule has 3 N–H and O–H groups in total. The molecule has 140 valence electrons. The highest BCUT2D eigenvalue weighted by Gasteiger charge is 2.14. The molecule has 0 spiro atoms. The lowest BCUT2D eigenvalue weighted by molar-refractivity contribution is -0.114. The van der Waals surface area contributed by atoms with Gasteiger partial charge in [-0.1, -0.05) is 19.8 Å². The van der Waals surface area contributed by atoms with Crippen molar-refractivity contribution in [3.05, 3.63) is 42.6 Å². The number of aromatic nitrogens is 1. The summed E-state index contributed by atoms with van der Waals surface area (Å²) in [6.45, 7) is 4.38. The van der Waals surface area contributed by atoms with Crippen molar-refractivity contribution in [3.8, 4) is 0 Å². The molecule has 1 aromatic carbocycles. The Kier molecular flexibility index (Phi) is 6.97. The number of nitrogens with zero attached hydrogens (tertiary/aromatic N) is 1. The lowest BCUT2D eigenvalue weighted by atomic mass is 10.2. The summed E-state index contributed by atoms with van der Waals surface area (Å²) in [6, 6.07) is 9.35. The van der Waals surface area contributed by atoms with E-state index in [0.29, 0.717) is 17.2 Å². The number of hydrogen-bond donors (Lipinski definition) is 3. The van der Waals surface area contributed by atoms with Crippen LogP contribution in [0.1, 0.15) is 33.1 Å². The minimum absolute atomic E-state index is 0.105. The first-order chi connectivity index (χ1) is 12.4. The van der Waals surface area contributed by atoms with E-state index in [2.05, 4.69) is 27.3 Å². The van der Waals surface area contributed by atoms with Gasteiger partial charge in [-0.3, -0.25) is 9.52 Å². The van der Waals surface area contributed by atoms with Gasteiger partial charge < -0.3 is 10.6 Å². The van der Waals surface area contributed by atoms with Crippen LogP contribution in [0, 0.1) is 0 Å². The molecule has 0 aliphatic rings. The highest BCUT2D eigenvalue weighted by Crippen LogP contribution is 2.18. The number of benzene rings is 1. The van der Waals surface area contributed by atoms with Crippen molar-refractivity contribution in [2.45, 2.75) is 38.0 Å². The van der Waals surface area contributed by atoms with Gasteiger partial charge in [0.25, 0.3) is 10.0 Å². The van der Waals surface area contributed by atoms with Crippen LogP contribution in [0.5, 0.6) is 0 Å². The van der Waals surface area contributed by atoms with E-state index in [9.17, 15) is 13.2 Å². The molecule has 8 heteroatoms. The smallest absolute Gasteiger partial charge is 0.261 e. The van der Waals surface area contributed by atoms with Crippen LogP contribution >= 0.6 is 0 Å². The molecule has 0 fully saturated rings. The first-order valence-corrected chi connectivity index (χ1v) is 9.99. The van der Waals surface area contributed by atoms with Crippen molar-refractivity contribution < 1.29 is 13.2 Å². The van der Waals surface area contributed by atoms with Crippen molar-refractivity contribution in [2.75, 3.05) is 21.9 Å². The fraction of sp³-hybridized carbons (Fsp3) is 0.333. The molecule has 2 rings (SSSR count). The molecule has 7 nitrogen and oxygen atoms in total. The summed E-state index contributed by atoms with van der Waals surface area (Å²) in [7, 11) is -3.72. The summed E-state index contributed by atoms with van der Waals surface area (Å²) in [5, 5.41) is 5.79. The molecule has 0 unspecified atom stereocenters. The minimum Gasteiger partial charge on any atom is -0.370 e. The first-order valence-electron chi connectivity index (χ1n) is 8.51. The second-order valence-electron chi connectivity index (χ2n) is 5.88. The van der Waals surface area contributed by atoms with Crippen LogP contribution in [-0.2, 0) is 14.8 Å². The van der Waals surface area contributed by atoms with Crippen LogP contribution in [0.4, 0.5) is 17.2 Å². The zero-order valence-electron chi connectivity index (χ0n) is 15.0. The van der Waals surface area contributed by atoms with E-state index < -0.39 is 10.0 Å². The number of amides is 1. The van der Waals surface area contributed by atoms with E-state index in [1.54, 1.807) is 12.1 Å². The molecule has 0 saturated heterocycles. The van der Waals surface area contributed by atoms with E-state index in [1.165, 1.54) is 37.4 Å². The molecule has 1 aromatic heterocycles. The zero-order chi connectivity index (χ0) is 19.0. The van der Waals surface area contributed by atoms with Gasteiger partial charge in [-0.15, -0.1) is 0 Å². The van der Waals surface area contributed by atoms with Gasteiger partial charge in [0.05, 0.1) is 16.8 Å². The fourth-order valence-corrected chi connectivity index (χ4v) is 3.33. The summed E-state index contributed by atoms with van der Waals surface area (Å²) < 4.78 is 27.3. The Hall–Kier alpha value is -2.61. The fourth-order valence-electron chi connectivity index (χ4n) is 2.29. The number of sulfonamides is 1. The van der Waals surface area contributed by atoms with Gasteiger partial charge in [-0.2, -0.15) is 0 Å². The minimum atomic E-state index is -3.72. The van der Waals surface area contributed by atoms with Gasteiger partial charge in [0.2, 0.25) is 5.91 Å². The molecule has 2 aromatic rings. The third-order valence-corrected chi connectivity index (χ3v) is 4.98. The lowest BCUT2D eigenvalue weighted by Gasteiger charge is -2.10. The Bertz CT molecular complexity index is 819. The Labute approximate surface area is 154 Å². The second kappa shape index (κ2) is 9.19. The standard InChI is InChI=1S/C18H24N4O3S/c1-3-4-5-12-19-18-11-8-16(13-20-18)22-26(24,25)17-9-6-15(7-10-17)21-14(2)23/h6-11,13,22H,3-5,12H2,1-2H3,(H,19,20)(H,21,23). The largest absolute Gasteiger partial charge is 0.370 e. The van der Waals surface area contributed by atoms with Gasteiger partial charge >= 0.3 is 0 Å². The number of nitrogens with one attached hydrogen (secondary N) is 3. The van der Waals surface area contributed by atoms with Crippen LogP contribution < -0.4 is 15.4 Å². The number of hydrogen-bond acceptors (Lipinski definition) is 5. The molecule has 0 aliphatic carbocycles. The summed E-state index contributed by atoms with van der Waals surface area (Å²) in [5.74, 6) is 0.497. The summed E-state index contributed by atoms with van der Waals surface area (Å²) in [5.41, 5.74) is 0.923. The number of anilines is 3. The molecular formula is C18H24N4O3S. The molecule has 26 heavy (non-hydrogen) atoms.